The normalized spacial score (nSPS) is 28.3. The number of carbonyl (C=O) groups excluding carboxylic acids is 1. The van der Waals surface area contributed by atoms with Gasteiger partial charge in [0.05, 0.1) is 10.7 Å². The second-order valence-electron chi connectivity index (χ2n) is 2.33. The van der Waals surface area contributed by atoms with Crippen molar-refractivity contribution in [3.63, 3.8) is 0 Å². The molecule has 0 aromatic rings. The number of halogens is 1. The van der Waals surface area contributed by atoms with Crippen molar-refractivity contribution in [2.45, 2.75) is 12.6 Å². The van der Waals surface area contributed by atoms with Crippen molar-refractivity contribution in [3.05, 3.63) is 9.28 Å². The van der Waals surface area contributed by atoms with Crippen LogP contribution in [0, 0.1) is 0 Å². The third-order valence-electron chi connectivity index (χ3n) is 1.47. The minimum absolute atomic E-state index is 0.0712. The Morgan fingerprint density at radius 2 is 2.23 bits per heavy atom. The van der Waals surface area contributed by atoms with Gasteiger partial charge in [0.2, 0.25) is 0 Å². The van der Waals surface area contributed by atoms with Gasteiger partial charge < -0.3 is 20.3 Å². The number of aliphatic hydroxyl groups excluding tert-OH is 2. The third kappa shape index (κ3) is 2.30. The average molecular weight is 300 g/mol. The first kappa shape index (κ1) is 10.7. The maximum Gasteiger partial charge on any atom is 0.355 e. The first-order chi connectivity index (χ1) is 6.06. The topological polar surface area (TPSA) is 90.8 Å². The number of nitrogens with one attached hydrogen (secondary N) is 2. The number of rotatable bonds is 1. The van der Waals surface area contributed by atoms with Crippen LogP contribution in [0.15, 0.2) is 9.28 Å². The fraction of sp³-hybridized carbons (Fsp3) is 0.500. The number of aliphatic hydroxyl groups is 2. The van der Waals surface area contributed by atoms with Gasteiger partial charge in [-0.2, -0.15) is 0 Å². The molecule has 2 atom stereocenters. The minimum atomic E-state index is -1.15. The van der Waals surface area contributed by atoms with E-state index in [1.807, 2.05) is 0 Å². The SMILES string of the molecule is COC(=O)C1=C(I)C(O)NC(O)N1. The van der Waals surface area contributed by atoms with Gasteiger partial charge in [0.25, 0.3) is 0 Å². The Morgan fingerprint density at radius 3 is 2.77 bits per heavy atom. The molecule has 2 unspecified atom stereocenters. The highest BCUT2D eigenvalue weighted by Gasteiger charge is 2.27. The molecule has 1 aliphatic rings. The summed E-state index contributed by atoms with van der Waals surface area (Å²) in [6.45, 7) is 0. The van der Waals surface area contributed by atoms with E-state index < -0.39 is 18.5 Å². The summed E-state index contributed by atoms with van der Waals surface area (Å²) in [4.78, 5) is 11.1. The van der Waals surface area contributed by atoms with Gasteiger partial charge in [-0.15, -0.1) is 0 Å². The summed E-state index contributed by atoms with van der Waals surface area (Å²) in [7, 11) is 1.22. The highest BCUT2D eigenvalue weighted by molar-refractivity contribution is 14.1. The predicted octanol–water partition coefficient (Wildman–Crippen LogP) is -1.41. The van der Waals surface area contributed by atoms with Crippen molar-refractivity contribution in [3.8, 4) is 0 Å². The molecule has 0 saturated carbocycles. The molecule has 1 rings (SSSR count). The van der Waals surface area contributed by atoms with Gasteiger partial charge in [0.15, 0.2) is 6.35 Å². The van der Waals surface area contributed by atoms with Crippen LogP contribution >= 0.6 is 22.6 Å². The fourth-order valence-corrected chi connectivity index (χ4v) is 1.42. The summed E-state index contributed by atoms with van der Waals surface area (Å²) in [6, 6.07) is 0. The van der Waals surface area contributed by atoms with Crippen molar-refractivity contribution < 1.29 is 19.7 Å². The molecule has 6 nitrogen and oxygen atoms in total. The Labute approximate surface area is 88.1 Å². The molecular formula is C6H9IN2O4. The molecule has 0 fully saturated rings. The molecule has 0 aromatic carbocycles. The number of hydrogen-bond acceptors (Lipinski definition) is 6. The quantitative estimate of drug-likeness (QED) is 0.351. The lowest BCUT2D eigenvalue weighted by Gasteiger charge is -2.27. The minimum Gasteiger partial charge on any atom is -0.464 e. The standard InChI is InChI=1S/C6H9IN2O4/c1-13-5(11)3-2(7)4(10)9-6(12)8-3/h4,6,8-10,12H,1H3. The lowest BCUT2D eigenvalue weighted by Crippen LogP contribution is -2.53. The van der Waals surface area contributed by atoms with E-state index in [-0.39, 0.29) is 5.70 Å². The molecule has 74 valence electrons. The van der Waals surface area contributed by atoms with E-state index in [9.17, 15) is 9.90 Å². The van der Waals surface area contributed by atoms with Crippen LogP contribution in [0.4, 0.5) is 0 Å². The van der Waals surface area contributed by atoms with Gasteiger partial charge in [-0.3, -0.25) is 0 Å². The molecule has 0 bridgehead atoms. The summed E-state index contributed by atoms with van der Waals surface area (Å²) in [6.07, 6.45) is -2.20. The molecule has 0 saturated heterocycles. The van der Waals surface area contributed by atoms with Crippen molar-refractivity contribution in [1.29, 1.82) is 0 Å². The number of methoxy groups -OCH3 is 1. The second kappa shape index (κ2) is 4.22. The third-order valence-corrected chi connectivity index (χ3v) is 2.59. The lowest BCUT2D eigenvalue weighted by molar-refractivity contribution is -0.137. The summed E-state index contributed by atoms with van der Waals surface area (Å²) in [5.41, 5.74) is 0.0712. The number of hydrogen-bond donors (Lipinski definition) is 4. The van der Waals surface area contributed by atoms with E-state index in [0.29, 0.717) is 3.58 Å². The molecule has 1 heterocycles. The number of carbonyl (C=O) groups is 1. The summed E-state index contributed by atoms with van der Waals surface area (Å²) in [5, 5.41) is 23.2. The van der Waals surface area contributed by atoms with Crippen LogP contribution in [-0.2, 0) is 9.53 Å². The van der Waals surface area contributed by atoms with Gasteiger partial charge in [0.1, 0.15) is 11.9 Å². The molecule has 4 N–H and O–H groups in total. The van der Waals surface area contributed by atoms with E-state index in [1.165, 1.54) is 7.11 Å². The Kier molecular flexibility index (Phi) is 3.47. The van der Waals surface area contributed by atoms with Gasteiger partial charge in [-0.05, 0) is 22.6 Å². The molecule has 0 aromatic heterocycles. The number of esters is 1. The van der Waals surface area contributed by atoms with Gasteiger partial charge >= 0.3 is 5.97 Å². The molecule has 7 heteroatoms. The Balaban J connectivity index is 2.90. The van der Waals surface area contributed by atoms with Crippen LogP contribution < -0.4 is 10.6 Å². The molecule has 0 radical (unpaired) electrons. The van der Waals surface area contributed by atoms with Crippen LogP contribution in [0.2, 0.25) is 0 Å². The molecule has 0 amide bonds. The van der Waals surface area contributed by atoms with E-state index >= 15 is 0 Å². The first-order valence-corrected chi connectivity index (χ1v) is 4.51. The maximum atomic E-state index is 11.1. The summed E-state index contributed by atoms with van der Waals surface area (Å²) < 4.78 is 4.80. The Morgan fingerprint density at radius 1 is 1.62 bits per heavy atom. The zero-order valence-electron chi connectivity index (χ0n) is 6.74. The Bertz CT molecular complexity index is 255. The molecular weight excluding hydrogens is 291 g/mol. The predicted molar refractivity (Wildman–Crippen MR) is 51.3 cm³/mol. The molecule has 0 spiro atoms. The van der Waals surface area contributed by atoms with Crippen molar-refractivity contribution in [2.75, 3.05) is 7.11 Å². The van der Waals surface area contributed by atoms with Crippen molar-refractivity contribution >= 4 is 28.6 Å². The van der Waals surface area contributed by atoms with Crippen molar-refractivity contribution in [1.82, 2.24) is 10.6 Å². The zero-order chi connectivity index (χ0) is 10.0. The molecule has 13 heavy (non-hydrogen) atoms. The van der Waals surface area contributed by atoms with Crippen LogP contribution in [0.3, 0.4) is 0 Å². The zero-order valence-corrected chi connectivity index (χ0v) is 8.90. The maximum absolute atomic E-state index is 11.1. The van der Waals surface area contributed by atoms with E-state index in [2.05, 4.69) is 15.4 Å². The Hall–Kier alpha value is -0.380. The van der Waals surface area contributed by atoms with Gasteiger partial charge in [-0.25, -0.2) is 10.1 Å². The summed E-state index contributed by atoms with van der Waals surface area (Å²) in [5.74, 6) is -0.621. The van der Waals surface area contributed by atoms with E-state index in [1.54, 1.807) is 22.6 Å². The average Bonchev–Trinajstić information content (AvgIpc) is 2.10. The van der Waals surface area contributed by atoms with Crippen LogP contribution in [0.5, 0.6) is 0 Å². The van der Waals surface area contributed by atoms with Crippen LogP contribution in [-0.4, -0.2) is 35.9 Å². The first-order valence-electron chi connectivity index (χ1n) is 3.43. The van der Waals surface area contributed by atoms with E-state index in [0.717, 1.165) is 0 Å². The lowest BCUT2D eigenvalue weighted by atomic mass is 10.3. The van der Waals surface area contributed by atoms with Gasteiger partial charge in [-0.1, -0.05) is 0 Å². The second-order valence-corrected chi connectivity index (χ2v) is 3.49. The van der Waals surface area contributed by atoms with Crippen LogP contribution in [0.1, 0.15) is 0 Å². The van der Waals surface area contributed by atoms with Crippen molar-refractivity contribution in [2.24, 2.45) is 0 Å². The van der Waals surface area contributed by atoms with E-state index in [4.69, 9.17) is 5.11 Å². The molecule has 0 aliphatic carbocycles. The highest BCUT2D eigenvalue weighted by atomic mass is 127. The monoisotopic (exact) mass is 300 g/mol. The van der Waals surface area contributed by atoms with Gasteiger partial charge in [0, 0.05) is 0 Å². The highest BCUT2D eigenvalue weighted by Crippen LogP contribution is 2.18. The smallest absolute Gasteiger partial charge is 0.355 e. The van der Waals surface area contributed by atoms with Crippen LogP contribution in [0.25, 0.3) is 0 Å². The molecule has 1 aliphatic heterocycles. The fourth-order valence-electron chi connectivity index (χ4n) is 0.865. The largest absolute Gasteiger partial charge is 0.464 e. The summed E-state index contributed by atoms with van der Waals surface area (Å²) >= 11 is 1.79. The number of ether oxygens (including phenoxy) is 1.